The molecule has 0 spiro atoms. The maximum Gasteiger partial charge on any atom is 0.241 e. The van der Waals surface area contributed by atoms with Crippen LogP contribution in [0.1, 0.15) is 43.4 Å². The van der Waals surface area contributed by atoms with Crippen LogP contribution in [-0.2, 0) is 26.6 Å². The molecule has 0 bridgehead atoms. The average Bonchev–Trinajstić information content (AvgIpc) is 2.86. The van der Waals surface area contributed by atoms with Crippen molar-refractivity contribution in [2.24, 2.45) is 0 Å². The highest BCUT2D eigenvalue weighted by atomic mass is 35.5. The van der Waals surface area contributed by atoms with Crippen LogP contribution < -0.4 is 9.44 Å². The van der Waals surface area contributed by atoms with Gasteiger partial charge in [-0.15, -0.1) is 12.4 Å². The summed E-state index contributed by atoms with van der Waals surface area (Å²) < 4.78 is 58.6. The van der Waals surface area contributed by atoms with Gasteiger partial charge in [-0.05, 0) is 56.5 Å². The predicted octanol–water partition coefficient (Wildman–Crippen LogP) is 4.96. The van der Waals surface area contributed by atoms with Crippen LogP contribution in [0.3, 0.4) is 0 Å². The first-order valence-corrected chi connectivity index (χ1v) is 15.0. The van der Waals surface area contributed by atoms with Gasteiger partial charge in [-0.1, -0.05) is 79.6 Å². The van der Waals surface area contributed by atoms with Gasteiger partial charge in [0.15, 0.2) is 0 Å². The van der Waals surface area contributed by atoms with Crippen molar-refractivity contribution in [3.63, 3.8) is 0 Å². The number of sulfonamides is 2. The second-order valence-corrected chi connectivity index (χ2v) is 12.3. The first kappa shape index (κ1) is 31.0. The molecule has 2 N–H and O–H groups in total. The Morgan fingerprint density at radius 1 is 0.649 bits per heavy atom. The number of hydrogen-bond donors (Lipinski definition) is 2. The highest BCUT2D eigenvalue weighted by Crippen LogP contribution is 2.20. The monoisotopic (exact) mass is 565 g/mol. The van der Waals surface area contributed by atoms with E-state index in [0.717, 1.165) is 16.7 Å². The Hall–Kier alpha value is -2.27. The van der Waals surface area contributed by atoms with Crippen molar-refractivity contribution >= 4 is 32.5 Å². The van der Waals surface area contributed by atoms with E-state index in [1.165, 1.54) is 0 Å². The third kappa shape index (κ3) is 8.36. The Labute approximate surface area is 227 Å². The van der Waals surface area contributed by atoms with Crippen molar-refractivity contribution in [3.05, 3.63) is 95.6 Å². The van der Waals surface area contributed by atoms with E-state index in [9.17, 15) is 16.8 Å². The number of benzene rings is 3. The molecular formula is C27H36ClN3O4S2. The van der Waals surface area contributed by atoms with E-state index < -0.39 is 32.4 Å². The molecule has 3 aromatic carbocycles. The molecule has 0 aliphatic carbocycles. The Bertz CT molecular complexity index is 1250. The molecule has 2 unspecified atom stereocenters. The van der Waals surface area contributed by atoms with E-state index in [0.29, 0.717) is 19.4 Å². The zero-order valence-corrected chi connectivity index (χ0v) is 24.0. The summed E-state index contributed by atoms with van der Waals surface area (Å²) in [6.07, 6.45) is -0.439. The van der Waals surface area contributed by atoms with E-state index in [-0.39, 0.29) is 22.2 Å². The highest BCUT2D eigenvalue weighted by molar-refractivity contribution is 7.89. The van der Waals surface area contributed by atoms with Crippen LogP contribution in [0.25, 0.3) is 0 Å². The number of halogens is 1. The Morgan fingerprint density at radius 2 is 1.03 bits per heavy atom. The molecular weight excluding hydrogens is 530 g/mol. The zero-order chi connectivity index (χ0) is 26.3. The summed E-state index contributed by atoms with van der Waals surface area (Å²) in [6.45, 7) is 7.90. The number of nitrogens with one attached hydrogen (secondary N) is 2. The normalized spacial score (nSPS) is 13.6. The minimum absolute atomic E-state index is 0. The molecule has 37 heavy (non-hydrogen) atoms. The maximum atomic E-state index is 13.2. The molecule has 2 atom stereocenters. The average molecular weight is 566 g/mol. The van der Waals surface area contributed by atoms with Crippen molar-refractivity contribution in [2.75, 3.05) is 0 Å². The van der Waals surface area contributed by atoms with Gasteiger partial charge in [0, 0.05) is 6.54 Å². The van der Waals surface area contributed by atoms with E-state index in [1.54, 1.807) is 48.5 Å². The van der Waals surface area contributed by atoms with Gasteiger partial charge >= 0.3 is 0 Å². The molecule has 0 saturated heterocycles. The summed E-state index contributed by atoms with van der Waals surface area (Å²) in [5, 5.41) is 0. The quantitative estimate of drug-likeness (QED) is 0.303. The zero-order valence-electron chi connectivity index (χ0n) is 21.6. The molecule has 0 saturated carbocycles. The molecule has 3 aromatic rings. The molecule has 3 rings (SSSR count). The standard InChI is InChI=1S/C27H35N3O4S2.ClH/c1-5-26(28-35(31,32)24-16-12-21(3)13-17-24)30(20-23-10-8-7-9-11-23)27(6-2)29-36(33,34)25-18-14-22(4)15-19-25;/h7-19,26-29H,5-6,20H2,1-4H3;1H. The fraction of sp³-hybridized carbons (Fsp3) is 0.333. The minimum Gasteiger partial charge on any atom is -0.266 e. The molecule has 0 amide bonds. The lowest BCUT2D eigenvalue weighted by molar-refractivity contribution is 0.101. The largest absolute Gasteiger partial charge is 0.266 e. The summed E-state index contributed by atoms with van der Waals surface area (Å²) in [5.74, 6) is 0. The molecule has 0 aromatic heterocycles. The third-order valence-electron chi connectivity index (χ3n) is 6.03. The van der Waals surface area contributed by atoms with Gasteiger partial charge in [0.25, 0.3) is 0 Å². The fourth-order valence-electron chi connectivity index (χ4n) is 3.93. The van der Waals surface area contributed by atoms with Crippen LogP contribution in [-0.4, -0.2) is 34.1 Å². The van der Waals surface area contributed by atoms with Gasteiger partial charge < -0.3 is 0 Å². The van der Waals surface area contributed by atoms with Crippen molar-refractivity contribution in [1.29, 1.82) is 0 Å². The summed E-state index contributed by atoms with van der Waals surface area (Å²) in [7, 11) is -7.67. The predicted molar refractivity (Wildman–Crippen MR) is 150 cm³/mol. The van der Waals surface area contributed by atoms with Gasteiger partial charge in [0.2, 0.25) is 20.0 Å². The second-order valence-electron chi connectivity index (χ2n) is 8.87. The van der Waals surface area contributed by atoms with Gasteiger partial charge in [-0.3, -0.25) is 4.90 Å². The van der Waals surface area contributed by atoms with Crippen LogP contribution in [0.2, 0.25) is 0 Å². The van der Waals surface area contributed by atoms with Crippen molar-refractivity contribution in [1.82, 2.24) is 14.3 Å². The summed E-state index contributed by atoms with van der Waals surface area (Å²) >= 11 is 0. The molecule has 0 radical (unpaired) electrons. The minimum atomic E-state index is -3.84. The van der Waals surface area contributed by atoms with E-state index >= 15 is 0 Å². The van der Waals surface area contributed by atoms with Crippen LogP contribution in [0, 0.1) is 13.8 Å². The number of aryl methyl sites for hydroxylation is 2. The molecule has 0 aliphatic heterocycles. The smallest absolute Gasteiger partial charge is 0.241 e. The lowest BCUT2D eigenvalue weighted by Gasteiger charge is -2.38. The fourth-order valence-corrected chi connectivity index (χ4v) is 6.51. The van der Waals surface area contributed by atoms with Crippen LogP contribution >= 0.6 is 12.4 Å². The number of hydrogen-bond acceptors (Lipinski definition) is 5. The molecule has 202 valence electrons. The summed E-state index contributed by atoms with van der Waals surface area (Å²) in [5.41, 5.74) is 2.87. The van der Waals surface area contributed by atoms with Gasteiger partial charge in [-0.2, -0.15) is 9.44 Å². The van der Waals surface area contributed by atoms with Crippen LogP contribution in [0.4, 0.5) is 0 Å². The SMILES string of the molecule is CCC(NS(=O)(=O)c1ccc(C)cc1)N(Cc1ccccc1)C(CC)NS(=O)(=O)c1ccc(C)cc1.Cl. The molecule has 0 aliphatic rings. The van der Waals surface area contributed by atoms with Gasteiger partial charge in [-0.25, -0.2) is 16.8 Å². The molecule has 0 heterocycles. The second kappa shape index (κ2) is 13.5. The van der Waals surface area contributed by atoms with Crippen LogP contribution in [0.5, 0.6) is 0 Å². The Kier molecular flexibility index (Phi) is 11.3. The lowest BCUT2D eigenvalue weighted by Crippen LogP contribution is -2.56. The van der Waals surface area contributed by atoms with Gasteiger partial charge in [0.1, 0.15) is 0 Å². The maximum absolute atomic E-state index is 13.2. The van der Waals surface area contributed by atoms with E-state index in [4.69, 9.17) is 0 Å². The first-order valence-electron chi connectivity index (χ1n) is 12.0. The van der Waals surface area contributed by atoms with Crippen LogP contribution in [0.15, 0.2) is 88.7 Å². The molecule has 0 fully saturated rings. The lowest BCUT2D eigenvalue weighted by atomic mass is 10.1. The number of nitrogens with zero attached hydrogens (tertiary/aromatic N) is 1. The Balaban J connectivity index is 0.00000481. The highest BCUT2D eigenvalue weighted by Gasteiger charge is 2.31. The van der Waals surface area contributed by atoms with Crippen molar-refractivity contribution in [3.8, 4) is 0 Å². The number of rotatable bonds is 12. The van der Waals surface area contributed by atoms with E-state index in [2.05, 4.69) is 9.44 Å². The topological polar surface area (TPSA) is 95.6 Å². The summed E-state index contributed by atoms with van der Waals surface area (Å²) in [4.78, 5) is 2.20. The summed E-state index contributed by atoms with van der Waals surface area (Å²) in [6, 6.07) is 22.9. The Morgan fingerprint density at radius 3 is 1.38 bits per heavy atom. The molecule has 7 nitrogen and oxygen atoms in total. The molecule has 10 heteroatoms. The third-order valence-corrected chi connectivity index (χ3v) is 8.98. The first-order chi connectivity index (χ1) is 17.1. The van der Waals surface area contributed by atoms with E-state index in [1.807, 2.05) is 62.9 Å². The van der Waals surface area contributed by atoms with Gasteiger partial charge in [0.05, 0.1) is 22.1 Å². The van der Waals surface area contributed by atoms with Crippen molar-refractivity contribution in [2.45, 2.75) is 69.2 Å². The van der Waals surface area contributed by atoms with Crippen molar-refractivity contribution < 1.29 is 16.8 Å².